The second-order valence-corrected chi connectivity index (χ2v) is 9.15. The zero-order valence-electron chi connectivity index (χ0n) is 18.9. The summed E-state index contributed by atoms with van der Waals surface area (Å²) in [7, 11) is 3.42. The van der Waals surface area contributed by atoms with E-state index >= 15 is 0 Å². The molecule has 2 N–H and O–H groups in total. The van der Waals surface area contributed by atoms with Gasteiger partial charge in [0.05, 0.1) is 6.04 Å². The van der Waals surface area contributed by atoms with E-state index in [2.05, 4.69) is 10.3 Å². The highest BCUT2D eigenvalue weighted by Crippen LogP contribution is 2.26. The summed E-state index contributed by atoms with van der Waals surface area (Å²) in [5.41, 5.74) is 3.72. The lowest BCUT2D eigenvalue weighted by atomic mass is 9.96. The van der Waals surface area contributed by atoms with Crippen LogP contribution in [0.5, 0.6) is 0 Å². The predicted octanol–water partition coefficient (Wildman–Crippen LogP) is 5.93. The lowest BCUT2D eigenvalue weighted by Crippen LogP contribution is -2.30. The van der Waals surface area contributed by atoms with Crippen molar-refractivity contribution < 1.29 is 9.59 Å². The van der Waals surface area contributed by atoms with Crippen LogP contribution in [0.1, 0.15) is 37.9 Å². The molecule has 1 amide bonds. The third-order valence-corrected chi connectivity index (χ3v) is 6.34. The van der Waals surface area contributed by atoms with Crippen molar-refractivity contribution in [1.82, 2.24) is 15.2 Å². The van der Waals surface area contributed by atoms with Gasteiger partial charge in [0.2, 0.25) is 0 Å². The first-order valence-corrected chi connectivity index (χ1v) is 11.7. The van der Waals surface area contributed by atoms with Gasteiger partial charge < -0.3 is 15.2 Å². The van der Waals surface area contributed by atoms with E-state index in [1.54, 1.807) is 38.5 Å². The topological polar surface area (TPSA) is 65.2 Å². The fraction of sp³-hybridized carbons (Fsp3) is 0.185. The van der Waals surface area contributed by atoms with Crippen molar-refractivity contribution in [2.24, 2.45) is 0 Å². The van der Waals surface area contributed by atoms with Crippen LogP contribution in [0.15, 0.2) is 72.9 Å². The van der Waals surface area contributed by atoms with Crippen molar-refractivity contribution >= 4 is 45.8 Å². The largest absolute Gasteiger partial charge is 0.360 e. The monoisotopic (exact) mass is 493 g/mol. The highest BCUT2D eigenvalue weighted by Gasteiger charge is 2.24. The van der Waals surface area contributed by atoms with E-state index in [1.165, 1.54) is 4.90 Å². The Hall–Kier alpha value is -3.12. The van der Waals surface area contributed by atoms with Gasteiger partial charge >= 0.3 is 0 Å². The van der Waals surface area contributed by atoms with Crippen LogP contribution in [0, 0.1) is 0 Å². The fourth-order valence-electron chi connectivity index (χ4n) is 3.96. The minimum atomic E-state index is -0.533. The highest BCUT2D eigenvalue weighted by atomic mass is 35.5. The molecule has 0 bridgehead atoms. The molecule has 5 nitrogen and oxygen atoms in total. The maximum atomic E-state index is 13.7. The van der Waals surface area contributed by atoms with E-state index in [1.807, 2.05) is 48.5 Å². The van der Waals surface area contributed by atoms with E-state index in [0.717, 1.165) is 22.0 Å². The van der Waals surface area contributed by atoms with Gasteiger partial charge in [0.15, 0.2) is 5.78 Å². The summed E-state index contributed by atoms with van der Waals surface area (Å²) in [4.78, 5) is 30.7. The first kappa shape index (κ1) is 24.0. The number of nitrogens with zero attached hydrogens (tertiary/aromatic N) is 1. The van der Waals surface area contributed by atoms with E-state index < -0.39 is 6.04 Å². The maximum Gasteiger partial charge on any atom is 0.253 e. The summed E-state index contributed by atoms with van der Waals surface area (Å²) in [5, 5.41) is 5.39. The van der Waals surface area contributed by atoms with Crippen LogP contribution in [0.25, 0.3) is 10.9 Å². The van der Waals surface area contributed by atoms with Crippen LogP contribution in [0.2, 0.25) is 10.0 Å². The number of rotatable bonds is 8. The Labute approximate surface area is 208 Å². The van der Waals surface area contributed by atoms with Gasteiger partial charge in [0.25, 0.3) is 5.91 Å². The predicted molar refractivity (Wildman–Crippen MR) is 138 cm³/mol. The Morgan fingerprint density at radius 2 is 1.76 bits per heavy atom. The van der Waals surface area contributed by atoms with E-state index in [0.29, 0.717) is 34.1 Å². The molecule has 174 valence electrons. The molecule has 0 aliphatic heterocycles. The number of nitrogens with one attached hydrogen (secondary N) is 2. The van der Waals surface area contributed by atoms with E-state index in [4.69, 9.17) is 23.2 Å². The Kier molecular flexibility index (Phi) is 7.37. The van der Waals surface area contributed by atoms with Crippen molar-refractivity contribution in [1.29, 1.82) is 0 Å². The number of aromatic nitrogens is 1. The van der Waals surface area contributed by atoms with Gasteiger partial charge in [0.1, 0.15) is 0 Å². The molecule has 0 radical (unpaired) electrons. The number of hydrogen-bond acceptors (Lipinski definition) is 3. The zero-order chi connectivity index (χ0) is 24.2. The SMILES string of the molecule is CN(C)C(=O)c1ccc2c(C(=O)[C@H](NCCc3ccc(Cl)cc3Cl)c3ccccc3)c[nH]c2c1. The summed E-state index contributed by atoms with van der Waals surface area (Å²) in [6.45, 7) is 0.552. The molecule has 34 heavy (non-hydrogen) atoms. The molecular weight excluding hydrogens is 469 g/mol. The van der Waals surface area contributed by atoms with Gasteiger partial charge in [-0.1, -0.05) is 65.7 Å². The number of fused-ring (bicyclic) bond motifs is 1. The Bertz CT molecular complexity index is 1330. The summed E-state index contributed by atoms with van der Waals surface area (Å²) in [6.07, 6.45) is 2.36. The number of amides is 1. The first-order chi connectivity index (χ1) is 16.3. The third kappa shape index (κ3) is 5.17. The molecule has 3 aromatic carbocycles. The van der Waals surface area contributed by atoms with Crippen LogP contribution in [-0.4, -0.2) is 42.2 Å². The van der Waals surface area contributed by atoms with Crippen molar-refractivity contribution in [2.45, 2.75) is 12.5 Å². The Morgan fingerprint density at radius 1 is 1.00 bits per heavy atom. The normalized spacial score (nSPS) is 12.0. The molecule has 7 heteroatoms. The number of Topliss-reactive ketones (excluding diaryl/α,β-unsaturated/α-hetero) is 1. The smallest absolute Gasteiger partial charge is 0.253 e. The van der Waals surface area contributed by atoms with Gasteiger partial charge in [-0.3, -0.25) is 9.59 Å². The van der Waals surface area contributed by atoms with Crippen LogP contribution < -0.4 is 5.32 Å². The van der Waals surface area contributed by atoms with Gasteiger partial charge in [-0.25, -0.2) is 0 Å². The molecule has 1 heterocycles. The van der Waals surface area contributed by atoms with Crippen molar-refractivity contribution in [3.63, 3.8) is 0 Å². The minimum Gasteiger partial charge on any atom is -0.360 e. The molecule has 1 atom stereocenters. The number of ketones is 1. The number of benzene rings is 3. The van der Waals surface area contributed by atoms with Crippen LogP contribution >= 0.6 is 23.2 Å². The summed E-state index contributed by atoms with van der Waals surface area (Å²) in [5.74, 6) is -0.139. The quantitative estimate of drug-likeness (QED) is 0.299. The maximum absolute atomic E-state index is 13.7. The van der Waals surface area contributed by atoms with Crippen LogP contribution in [0.3, 0.4) is 0 Å². The average Bonchev–Trinajstić information content (AvgIpc) is 3.26. The molecule has 0 fully saturated rings. The second-order valence-electron chi connectivity index (χ2n) is 8.31. The van der Waals surface area contributed by atoms with Gasteiger partial charge in [0, 0.05) is 58.9 Å². The molecule has 1 aromatic heterocycles. The Morgan fingerprint density at radius 3 is 2.47 bits per heavy atom. The first-order valence-electron chi connectivity index (χ1n) is 10.9. The number of H-pyrrole nitrogens is 1. The summed E-state index contributed by atoms with van der Waals surface area (Å²) in [6, 6.07) is 19.9. The molecule has 0 spiro atoms. The number of hydrogen-bond donors (Lipinski definition) is 2. The number of carbonyl (C=O) groups excluding carboxylic acids is 2. The molecule has 0 aliphatic rings. The molecule has 4 aromatic rings. The van der Waals surface area contributed by atoms with Gasteiger partial charge in [-0.05, 0) is 41.8 Å². The molecule has 0 aliphatic carbocycles. The molecular formula is C27H25Cl2N3O2. The van der Waals surface area contributed by atoms with Crippen molar-refractivity contribution in [3.05, 3.63) is 105 Å². The fourth-order valence-corrected chi connectivity index (χ4v) is 4.46. The number of aromatic amines is 1. The lowest BCUT2D eigenvalue weighted by Gasteiger charge is -2.18. The summed E-state index contributed by atoms with van der Waals surface area (Å²) >= 11 is 12.3. The Balaban J connectivity index is 1.59. The zero-order valence-corrected chi connectivity index (χ0v) is 20.5. The minimum absolute atomic E-state index is 0.0497. The van der Waals surface area contributed by atoms with Crippen molar-refractivity contribution in [2.75, 3.05) is 20.6 Å². The van der Waals surface area contributed by atoms with Gasteiger partial charge in [-0.15, -0.1) is 0 Å². The number of halogens is 2. The molecule has 4 rings (SSSR count). The van der Waals surface area contributed by atoms with Gasteiger partial charge in [-0.2, -0.15) is 0 Å². The number of carbonyl (C=O) groups is 2. The average molecular weight is 494 g/mol. The second kappa shape index (κ2) is 10.4. The standard InChI is InChI=1S/C27H25Cl2N3O2/c1-32(2)27(34)19-9-11-21-22(16-31-24(21)14-19)26(33)25(18-6-4-3-5-7-18)30-13-12-17-8-10-20(28)15-23(17)29/h3-11,14-16,25,30-31H,12-13H2,1-2H3/t25-/m1/s1. The van der Waals surface area contributed by atoms with E-state index in [9.17, 15) is 9.59 Å². The van der Waals surface area contributed by atoms with Crippen molar-refractivity contribution in [3.8, 4) is 0 Å². The third-order valence-electron chi connectivity index (χ3n) is 5.75. The molecule has 0 saturated carbocycles. The lowest BCUT2D eigenvalue weighted by molar-refractivity contribution is 0.0827. The molecule has 0 saturated heterocycles. The van der Waals surface area contributed by atoms with Crippen LogP contribution in [-0.2, 0) is 6.42 Å². The highest BCUT2D eigenvalue weighted by molar-refractivity contribution is 6.35. The molecule has 0 unspecified atom stereocenters. The van der Waals surface area contributed by atoms with Crippen LogP contribution in [0.4, 0.5) is 0 Å². The summed E-state index contributed by atoms with van der Waals surface area (Å²) < 4.78 is 0. The van der Waals surface area contributed by atoms with E-state index in [-0.39, 0.29) is 11.7 Å².